The van der Waals surface area contributed by atoms with Gasteiger partial charge in [-0.15, -0.1) is 0 Å². The minimum atomic E-state index is -4.52. The Morgan fingerprint density at radius 3 is 2.55 bits per heavy atom. The van der Waals surface area contributed by atoms with Gasteiger partial charge in [-0.3, -0.25) is 4.79 Å². The summed E-state index contributed by atoms with van der Waals surface area (Å²) in [6, 6.07) is 21.5. The van der Waals surface area contributed by atoms with E-state index >= 15 is 0 Å². The second-order valence-electron chi connectivity index (χ2n) is 9.05. The summed E-state index contributed by atoms with van der Waals surface area (Å²) < 4.78 is 45.7. The molecule has 0 fully saturated rings. The molecule has 0 radical (unpaired) electrons. The molecule has 0 spiro atoms. The molecule has 0 bridgehead atoms. The van der Waals surface area contributed by atoms with Gasteiger partial charge in [0.25, 0.3) is 5.91 Å². The Hall–Kier alpha value is -4.30. The molecule has 0 saturated heterocycles. The summed E-state index contributed by atoms with van der Waals surface area (Å²) in [4.78, 5) is 13.5. The van der Waals surface area contributed by atoms with Gasteiger partial charge in [-0.05, 0) is 66.1 Å². The maximum absolute atomic E-state index is 13.5. The lowest BCUT2D eigenvalue weighted by atomic mass is 9.93. The van der Waals surface area contributed by atoms with Gasteiger partial charge >= 0.3 is 6.18 Å². The normalized spacial score (nSPS) is 13.7. The van der Waals surface area contributed by atoms with Crippen LogP contribution in [0.2, 0.25) is 0 Å². The summed E-state index contributed by atoms with van der Waals surface area (Å²) >= 11 is 0. The molecule has 1 aliphatic heterocycles. The summed E-state index contributed by atoms with van der Waals surface area (Å²) in [5, 5.41) is 7.95. The molecule has 0 saturated carbocycles. The van der Waals surface area contributed by atoms with E-state index in [-0.39, 0.29) is 18.3 Å². The van der Waals surface area contributed by atoms with Gasteiger partial charge in [0.15, 0.2) is 0 Å². The van der Waals surface area contributed by atoms with Gasteiger partial charge in [0, 0.05) is 34.3 Å². The molecular weight excluding hydrogens is 491 g/mol. The van der Waals surface area contributed by atoms with Crippen LogP contribution in [-0.2, 0) is 12.8 Å². The van der Waals surface area contributed by atoms with E-state index in [1.807, 2.05) is 48.5 Å². The molecule has 8 heteroatoms. The molecule has 1 heterocycles. The molecule has 4 aromatic rings. The zero-order valence-electron chi connectivity index (χ0n) is 20.4. The number of benzene rings is 4. The molecule has 4 aromatic carbocycles. The predicted molar refractivity (Wildman–Crippen MR) is 144 cm³/mol. The molecular formula is C30H26F3N3O2. The Labute approximate surface area is 218 Å². The number of nitrogens with two attached hydrogens (primary N) is 1. The van der Waals surface area contributed by atoms with E-state index in [9.17, 15) is 18.0 Å². The Bertz CT molecular complexity index is 1530. The Morgan fingerprint density at radius 1 is 0.974 bits per heavy atom. The first-order valence-electron chi connectivity index (χ1n) is 12.2. The van der Waals surface area contributed by atoms with Crippen molar-refractivity contribution in [2.24, 2.45) is 0 Å². The SMILES string of the molecule is Nc1cccc2c(NC(=O)c3ccc(COc4ccccc4C(F)(F)F)cc3C3=CCNCC3)cccc12. The van der Waals surface area contributed by atoms with Crippen LogP contribution < -0.4 is 21.1 Å². The fraction of sp³-hybridized carbons (Fsp3) is 0.167. The highest BCUT2D eigenvalue weighted by Crippen LogP contribution is 2.36. The van der Waals surface area contributed by atoms with Crippen molar-refractivity contribution in [1.29, 1.82) is 0 Å². The summed E-state index contributed by atoms with van der Waals surface area (Å²) in [5.41, 5.74) is 9.40. The fourth-order valence-electron chi connectivity index (χ4n) is 4.63. The third kappa shape index (κ3) is 5.35. The molecule has 194 valence electrons. The summed E-state index contributed by atoms with van der Waals surface area (Å²) in [6.07, 6.45) is -1.78. The number of carbonyl (C=O) groups excluding carboxylic acids is 1. The maximum Gasteiger partial charge on any atom is 0.419 e. The number of amides is 1. The lowest BCUT2D eigenvalue weighted by Gasteiger charge is -2.19. The number of ether oxygens (including phenoxy) is 1. The number of fused-ring (bicyclic) bond motifs is 1. The van der Waals surface area contributed by atoms with Crippen LogP contribution >= 0.6 is 0 Å². The van der Waals surface area contributed by atoms with Gasteiger partial charge in [0.1, 0.15) is 12.4 Å². The van der Waals surface area contributed by atoms with Gasteiger partial charge in [-0.1, -0.05) is 48.5 Å². The second kappa shape index (κ2) is 10.6. The zero-order valence-corrected chi connectivity index (χ0v) is 20.4. The van der Waals surface area contributed by atoms with Crippen molar-refractivity contribution in [1.82, 2.24) is 5.32 Å². The lowest BCUT2D eigenvalue weighted by molar-refractivity contribution is -0.139. The van der Waals surface area contributed by atoms with Crippen LogP contribution in [0.1, 0.15) is 33.5 Å². The smallest absolute Gasteiger partial charge is 0.419 e. The number of carbonyl (C=O) groups is 1. The molecule has 0 unspecified atom stereocenters. The molecule has 1 aliphatic rings. The number of alkyl halides is 3. The van der Waals surface area contributed by atoms with Crippen LogP contribution in [-0.4, -0.2) is 19.0 Å². The van der Waals surface area contributed by atoms with E-state index in [1.54, 1.807) is 12.1 Å². The number of nitrogen functional groups attached to an aromatic ring is 1. The van der Waals surface area contributed by atoms with Crippen molar-refractivity contribution in [3.63, 3.8) is 0 Å². The van der Waals surface area contributed by atoms with Gasteiger partial charge in [0.2, 0.25) is 0 Å². The monoisotopic (exact) mass is 517 g/mol. The average Bonchev–Trinajstić information content (AvgIpc) is 2.92. The van der Waals surface area contributed by atoms with Crippen molar-refractivity contribution in [2.75, 3.05) is 24.1 Å². The predicted octanol–water partition coefficient (Wildman–Crippen LogP) is 6.65. The van der Waals surface area contributed by atoms with Crippen molar-refractivity contribution in [3.8, 4) is 5.75 Å². The third-order valence-electron chi connectivity index (χ3n) is 6.53. The highest BCUT2D eigenvalue weighted by Gasteiger charge is 2.34. The Balaban J connectivity index is 1.45. The third-order valence-corrected chi connectivity index (χ3v) is 6.53. The van der Waals surface area contributed by atoms with E-state index in [0.29, 0.717) is 35.5 Å². The van der Waals surface area contributed by atoms with Gasteiger partial charge in [-0.25, -0.2) is 0 Å². The van der Waals surface area contributed by atoms with Crippen LogP contribution in [0.25, 0.3) is 16.3 Å². The van der Waals surface area contributed by atoms with Crippen LogP contribution in [0.5, 0.6) is 5.75 Å². The number of anilines is 2. The number of hydrogen-bond donors (Lipinski definition) is 3. The lowest BCUT2D eigenvalue weighted by Crippen LogP contribution is -2.21. The highest BCUT2D eigenvalue weighted by molar-refractivity contribution is 6.12. The van der Waals surface area contributed by atoms with E-state index in [2.05, 4.69) is 10.6 Å². The topological polar surface area (TPSA) is 76.4 Å². The van der Waals surface area contributed by atoms with Crippen LogP contribution in [0.15, 0.2) is 84.9 Å². The zero-order chi connectivity index (χ0) is 26.7. The molecule has 0 aromatic heterocycles. The fourth-order valence-corrected chi connectivity index (χ4v) is 4.63. The van der Waals surface area contributed by atoms with Crippen molar-refractivity contribution >= 4 is 33.6 Å². The highest BCUT2D eigenvalue weighted by atomic mass is 19.4. The second-order valence-corrected chi connectivity index (χ2v) is 9.05. The first kappa shape index (κ1) is 25.4. The Morgan fingerprint density at radius 2 is 1.76 bits per heavy atom. The molecule has 0 atom stereocenters. The minimum Gasteiger partial charge on any atom is -0.488 e. The molecule has 0 aliphatic carbocycles. The first-order valence-corrected chi connectivity index (χ1v) is 12.2. The number of nitrogens with one attached hydrogen (secondary N) is 2. The van der Waals surface area contributed by atoms with Gasteiger partial charge < -0.3 is 21.1 Å². The number of halogens is 3. The number of hydrogen-bond acceptors (Lipinski definition) is 4. The molecule has 38 heavy (non-hydrogen) atoms. The number of para-hydroxylation sites is 1. The first-order chi connectivity index (χ1) is 18.3. The molecule has 1 amide bonds. The van der Waals surface area contributed by atoms with E-state index in [0.717, 1.165) is 34.5 Å². The minimum absolute atomic E-state index is 0.0733. The van der Waals surface area contributed by atoms with Crippen molar-refractivity contribution < 1.29 is 22.7 Å². The maximum atomic E-state index is 13.5. The standard InChI is InChI=1S/C30H26F3N3O2/c31-30(32,33)25-7-1-2-10-28(25)38-18-19-11-12-23(24(17-19)20-13-15-35-16-14-20)29(37)36-27-9-4-5-21-22(27)6-3-8-26(21)34/h1-13,17,35H,14-16,18,34H2,(H,36,37). The van der Waals surface area contributed by atoms with E-state index < -0.39 is 11.7 Å². The molecule has 4 N–H and O–H groups in total. The van der Waals surface area contributed by atoms with Crippen LogP contribution in [0.3, 0.4) is 0 Å². The van der Waals surface area contributed by atoms with Crippen molar-refractivity contribution in [2.45, 2.75) is 19.2 Å². The van der Waals surface area contributed by atoms with E-state index in [1.165, 1.54) is 18.2 Å². The van der Waals surface area contributed by atoms with Gasteiger partial charge in [-0.2, -0.15) is 13.2 Å². The quantitative estimate of drug-likeness (QED) is 0.250. The van der Waals surface area contributed by atoms with E-state index in [4.69, 9.17) is 10.5 Å². The summed E-state index contributed by atoms with van der Waals surface area (Å²) in [6.45, 7) is 1.35. The average molecular weight is 518 g/mol. The van der Waals surface area contributed by atoms with Gasteiger partial charge in [0.05, 0.1) is 5.56 Å². The summed E-state index contributed by atoms with van der Waals surface area (Å²) in [7, 11) is 0. The molecule has 5 nitrogen and oxygen atoms in total. The Kier molecular flexibility index (Phi) is 7.07. The van der Waals surface area contributed by atoms with Crippen molar-refractivity contribution in [3.05, 3.63) is 107 Å². The van der Waals surface area contributed by atoms with Crippen LogP contribution in [0, 0.1) is 0 Å². The molecule has 5 rings (SSSR count). The number of rotatable bonds is 6. The summed E-state index contributed by atoms with van der Waals surface area (Å²) in [5.74, 6) is -0.524. The van der Waals surface area contributed by atoms with Crippen LogP contribution in [0.4, 0.5) is 24.5 Å². The largest absolute Gasteiger partial charge is 0.488 e.